The first-order valence-electron chi connectivity index (χ1n) is 33.7. The minimum Gasteiger partial charge on any atom is -0.394 e. The number of benzene rings is 1. The Bertz CT molecular complexity index is 2480. The molecule has 5 saturated heterocycles. The van der Waals surface area contributed by atoms with Gasteiger partial charge in [0, 0.05) is 29.4 Å². The van der Waals surface area contributed by atoms with Crippen LogP contribution in [0.5, 0.6) is 0 Å². The minimum atomic E-state index is -2.11. The molecule has 0 spiro atoms. The molecule has 17 N–H and O–H groups in total. The monoisotopic (exact) mass is 1370 g/mol. The van der Waals surface area contributed by atoms with E-state index in [1.807, 2.05) is 29.6 Å². The van der Waals surface area contributed by atoms with Gasteiger partial charge >= 0.3 is 0 Å². The minimum absolute atomic E-state index is 0.164. The van der Waals surface area contributed by atoms with Crippen molar-refractivity contribution in [3.63, 3.8) is 0 Å². The zero-order valence-electron chi connectivity index (χ0n) is 54.0. The summed E-state index contributed by atoms with van der Waals surface area (Å²) in [7, 11) is 0. The van der Waals surface area contributed by atoms with E-state index in [4.69, 9.17) is 47.4 Å². The van der Waals surface area contributed by atoms with Gasteiger partial charge in [0.25, 0.3) is 0 Å². The van der Waals surface area contributed by atoms with E-state index in [9.17, 15) is 86.5 Å². The number of hydrogen-bond acceptors (Lipinski definition) is 28. The van der Waals surface area contributed by atoms with Gasteiger partial charge in [-0.1, -0.05) is 141 Å². The van der Waals surface area contributed by atoms with Crippen LogP contribution < -0.4 is 5.32 Å². The summed E-state index contributed by atoms with van der Waals surface area (Å²) in [5.74, 6) is -2.41. The van der Waals surface area contributed by atoms with Crippen molar-refractivity contribution in [2.45, 2.75) is 289 Å². The summed E-state index contributed by atoms with van der Waals surface area (Å²) in [6.07, 6.45) is -22.3. The molecule has 29 heteroatoms. The molecule has 0 bridgehead atoms. The number of aliphatic hydroxyl groups is 16. The van der Waals surface area contributed by atoms with E-state index in [0.717, 1.165) is 41.3 Å². The Balaban J connectivity index is 1.04. The largest absolute Gasteiger partial charge is 0.394 e. The number of aliphatic hydroxyl groups excluding tert-OH is 16. The second-order valence-electron chi connectivity index (χ2n) is 25.8. The summed E-state index contributed by atoms with van der Waals surface area (Å²) in [5.41, 5.74) is 0.827. The van der Waals surface area contributed by atoms with Gasteiger partial charge in [0.2, 0.25) is 5.91 Å². The molecule has 0 saturated carbocycles. The standard InChI is InChI=1S/C65H107NO27S/c1-4-5-6-7-8-9-10-11-12-13-14-15-16-17-18-23-47(75)66-38(39(72)25-24-36-33-94-46-22-20-19-21-37(36)46)32-84-63-55(82)53(80)59(44(30-70)87-63)92-65-56(83)61(90-48-26-40(73)34(2)57(89-48)49(76)41(74)27-67)60(45(31-71)88-65)93-62-35(3)58(51(78)43(29-69)85-62)91-64-54(81)52(79)50(77)42(28-68)86-64/h19-22,24-25,33-35,38-45,48-65,67-74,76-83H,4-18,23,26-32H2,1-3H3,(H,66,75)/b25-24+/t34-,35?,38+,39-,40-,41-,42?,43?,44?,45?,48?,49-,50+,51+,52+,53-,54?,55?,56?,57?,58-,59-,60+,61-,62+,63-,64+,65+/m1/s1. The molecule has 94 heavy (non-hydrogen) atoms. The smallest absolute Gasteiger partial charge is 0.220 e. The Kier molecular flexibility index (Phi) is 33.0. The SMILES string of the molecule is CCCCCCCCCCCCCCCCCC(=O)N[C@@H](CO[C@@H]1OC(CO)[C@@H](O[C@@H]2OC(CO)[C@H](O[C@@H]3OC(CO)[C@H](O)[C@H](O[C@@H]4OC(CO)[C@H](O)[C@H](O)C4O)C3C)[C@H](OC3C[C@@H](O)[C@@H](C)C([C@H](O)[C@H](O)CO)O3)C2O)[C@H](O)C1O)[C@H](O)/C=C/c1csc2ccccc12. The molecular weight excluding hydrogens is 1260 g/mol. The molecule has 540 valence electrons. The third kappa shape index (κ3) is 21.0. The van der Waals surface area contributed by atoms with Crippen molar-refractivity contribution >= 4 is 33.4 Å². The van der Waals surface area contributed by atoms with E-state index < -0.39 is 211 Å². The van der Waals surface area contributed by atoms with Crippen LogP contribution in [0.25, 0.3) is 16.2 Å². The molecule has 0 aliphatic carbocycles. The number of fused-ring (bicyclic) bond motifs is 1. The van der Waals surface area contributed by atoms with E-state index in [-0.39, 0.29) is 18.7 Å². The van der Waals surface area contributed by atoms with Crippen molar-refractivity contribution in [2.24, 2.45) is 11.8 Å². The van der Waals surface area contributed by atoms with Crippen LogP contribution in [0.15, 0.2) is 35.7 Å². The van der Waals surface area contributed by atoms with Gasteiger partial charge in [-0.3, -0.25) is 4.79 Å². The summed E-state index contributed by atoms with van der Waals surface area (Å²) >= 11 is 1.52. The van der Waals surface area contributed by atoms with Crippen molar-refractivity contribution < 1.29 is 134 Å². The highest BCUT2D eigenvalue weighted by molar-refractivity contribution is 7.17. The number of carbonyl (C=O) groups is 1. The van der Waals surface area contributed by atoms with Crippen molar-refractivity contribution in [3.8, 4) is 0 Å². The average molecular weight is 1370 g/mol. The summed E-state index contributed by atoms with van der Waals surface area (Å²) < 4.78 is 61.7. The Morgan fingerprint density at radius 3 is 1.73 bits per heavy atom. The number of carbonyl (C=O) groups excluding carboxylic acids is 1. The number of rotatable bonds is 38. The maximum atomic E-state index is 13.6. The number of ether oxygens (including phenoxy) is 10. The molecule has 5 fully saturated rings. The molecule has 28 nitrogen and oxygen atoms in total. The second-order valence-corrected chi connectivity index (χ2v) is 26.7. The highest BCUT2D eigenvalue weighted by Gasteiger charge is 2.57. The molecule has 0 radical (unpaired) electrons. The van der Waals surface area contributed by atoms with E-state index in [1.165, 1.54) is 95.5 Å². The Morgan fingerprint density at radius 2 is 1.11 bits per heavy atom. The topological polar surface area (TPSA) is 445 Å². The lowest BCUT2D eigenvalue weighted by atomic mass is 9.87. The van der Waals surface area contributed by atoms with E-state index >= 15 is 0 Å². The Hall–Kier alpha value is -2.65. The molecule has 7 rings (SSSR count). The lowest BCUT2D eigenvalue weighted by Gasteiger charge is -2.51. The Morgan fingerprint density at radius 1 is 0.574 bits per heavy atom. The van der Waals surface area contributed by atoms with Crippen molar-refractivity contribution in [3.05, 3.63) is 41.3 Å². The van der Waals surface area contributed by atoms with Gasteiger partial charge in [-0.25, -0.2) is 0 Å². The van der Waals surface area contributed by atoms with Gasteiger partial charge in [-0.2, -0.15) is 0 Å². The second kappa shape index (κ2) is 39.4. The van der Waals surface area contributed by atoms with Gasteiger partial charge < -0.3 is 134 Å². The van der Waals surface area contributed by atoms with Gasteiger partial charge in [-0.15, -0.1) is 11.3 Å². The normalized spacial score (nSPS) is 37.2. The Labute approximate surface area is 552 Å². The highest BCUT2D eigenvalue weighted by atomic mass is 32.1. The van der Waals surface area contributed by atoms with Crippen molar-refractivity contribution in [1.29, 1.82) is 0 Å². The average Bonchev–Trinajstić information content (AvgIpc) is 0.975. The summed E-state index contributed by atoms with van der Waals surface area (Å²) in [6.45, 7) is 0.213. The van der Waals surface area contributed by atoms with E-state index in [0.29, 0.717) is 6.42 Å². The molecule has 5 aliphatic rings. The molecule has 1 amide bonds. The molecule has 1 aromatic heterocycles. The third-order valence-corrected chi connectivity index (χ3v) is 19.8. The van der Waals surface area contributed by atoms with E-state index in [1.54, 1.807) is 6.08 Å². The molecular formula is C65H107NO27S. The quantitative estimate of drug-likeness (QED) is 0.0375. The number of hydrogen-bond donors (Lipinski definition) is 17. The van der Waals surface area contributed by atoms with Gasteiger partial charge in [0.1, 0.15) is 97.7 Å². The van der Waals surface area contributed by atoms with Crippen LogP contribution in [0.3, 0.4) is 0 Å². The lowest BCUT2D eigenvalue weighted by molar-refractivity contribution is -0.396. The van der Waals surface area contributed by atoms with Crippen LogP contribution in [0.2, 0.25) is 0 Å². The predicted octanol–water partition coefficient (Wildman–Crippen LogP) is -0.564. The van der Waals surface area contributed by atoms with Gasteiger partial charge in [0.15, 0.2) is 31.5 Å². The number of unbranched alkanes of at least 4 members (excludes halogenated alkanes) is 14. The fourth-order valence-electron chi connectivity index (χ4n) is 12.8. The fourth-order valence-corrected chi connectivity index (χ4v) is 13.8. The van der Waals surface area contributed by atoms with Crippen molar-refractivity contribution in [1.82, 2.24) is 5.32 Å². The first-order valence-corrected chi connectivity index (χ1v) is 34.6. The third-order valence-electron chi connectivity index (χ3n) is 18.8. The molecule has 10 unspecified atom stereocenters. The fraction of sp³-hybridized carbons (Fsp3) is 0.831. The predicted molar refractivity (Wildman–Crippen MR) is 336 cm³/mol. The number of amides is 1. The summed E-state index contributed by atoms with van der Waals surface area (Å²) in [6, 6.07) is 6.61. The molecule has 2 aromatic rings. The highest BCUT2D eigenvalue weighted by Crippen LogP contribution is 2.40. The molecule has 6 heterocycles. The first kappa shape index (κ1) is 78.7. The molecule has 5 aliphatic heterocycles. The maximum Gasteiger partial charge on any atom is 0.220 e. The number of thiophene rings is 1. The van der Waals surface area contributed by atoms with Crippen LogP contribution in [0.4, 0.5) is 0 Å². The van der Waals surface area contributed by atoms with Gasteiger partial charge in [0.05, 0.1) is 70.1 Å². The first-order chi connectivity index (χ1) is 45.2. The van der Waals surface area contributed by atoms with E-state index in [2.05, 4.69) is 12.2 Å². The van der Waals surface area contributed by atoms with Crippen LogP contribution in [-0.2, 0) is 52.2 Å². The number of nitrogens with one attached hydrogen (secondary N) is 1. The molecule has 1 aromatic carbocycles. The zero-order valence-corrected chi connectivity index (χ0v) is 54.8. The summed E-state index contributed by atoms with van der Waals surface area (Å²) in [5, 5.41) is 181. The lowest BCUT2D eigenvalue weighted by Crippen LogP contribution is -2.67. The van der Waals surface area contributed by atoms with Crippen molar-refractivity contribution in [2.75, 3.05) is 39.6 Å². The zero-order chi connectivity index (χ0) is 68.2. The van der Waals surface area contributed by atoms with Crippen LogP contribution in [-0.4, -0.2) is 287 Å². The van der Waals surface area contributed by atoms with Crippen LogP contribution in [0, 0.1) is 11.8 Å². The van der Waals surface area contributed by atoms with Crippen LogP contribution in [0.1, 0.15) is 135 Å². The molecule has 28 atom stereocenters. The summed E-state index contributed by atoms with van der Waals surface area (Å²) in [4.78, 5) is 13.6. The van der Waals surface area contributed by atoms with Gasteiger partial charge in [-0.05, 0) is 28.8 Å². The maximum absolute atomic E-state index is 13.6. The van der Waals surface area contributed by atoms with Crippen LogP contribution >= 0.6 is 11.3 Å².